The van der Waals surface area contributed by atoms with Crippen LogP contribution in [0.2, 0.25) is 0 Å². The van der Waals surface area contributed by atoms with Gasteiger partial charge in [0.15, 0.2) is 0 Å². The van der Waals surface area contributed by atoms with Gasteiger partial charge in [-0.2, -0.15) is 5.10 Å². The number of hydrazone groups is 1. The molecule has 0 atom stereocenters. The second-order valence-electron chi connectivity index (χ2n) is 2.82. The van der Waals surface area contributed by atoms with Gasteiger partial charge in [-0.05, 0) is 18.0 Å². The Morgan fingerprint density at radius 2 is 2.46 bits per heavy atom. The number of nitrogens with zero attached hydrogens (tertiary/aromatic N) is 2. The van der Waals surface area contributed by atoms with E-state index in [0.717, 1.165) is 10.5 Å². The topological polar surface area (TPSA) is 52.9 Å². The van der Waals surface area contributed by atoms with Crippen LogP contribution in [0.3, 0.4) is 0 Å². The zero-order valence-corrected chi connectivity index (χ0v) is 7.69. The molecule has 1 heterocycles. The third kappa shape index (κ3) is 1.70. The minimum absolute atomic E-state index is 0.296. The van der Waals surface area contributed by atoms with Crippen molar-refractivity contribution in [2.75, 3.05) is 0 Å². The second-order valence-corrected chi connectivity index (χ2v) is 2.82. The minimum Gasteiger partial charge on any atom is -0.427 e. The highest BCUT2D eigenvalue weighted by Gasteiger charge is 2.30. The molecule has 1 amide bonds. The van der Waals surface area contributed by atoms with Crippen LogP contribution in [0.1, 0.15) is 13.8 Å². The summed E-state index contributed by atoms with van der Waals surface area (Å²) >= 11 is 0. The first-order valence-electron chi connectivity index (χ1n) is 3.93. The van der Waals surface area contributed by atoms with Crippen LogP contribution in [0.4, 0.5) is 0 Å². The summed E-state index contributed by atoms with van der Waals surface area (Å²) in [5.41, 5.74) is 1.44. The fourth-order valence-electron chi connectivity index (χ4n) is 1.14. The lowest BCUT2D eigenvalue weighted by Crippen LogP contribution is -2.42. The van der Waals surface area contributed by atoms with Crippen LogP contribution in [0.15, 0.2) is 28.8 Å². The predicted octanol–water partition coefficient (Wildman–Crippen LogP) is 0.356. The first kappa shape index (κ1) is 9.73. The van der Waals surface area contributed by atoms with E-state index in [-0.39, 0.29) is 5.91 Å². The molecule has 13 heavy (non-hydrogen) atoms. The van der Waals surface area contributed by atoms with E-state index >= 15 is 0 Å². The molecule has 1 aliphatic heterocycles. The maximum atomic E-state index is 11.0. The zero-order chi connectivity index (χ0) is 10.0. The lowest BCUT2D eigenvalue weighted by molar-refractivity contribution is -0.125. The van der Waals surface area contributed by atoms with Crippen LogP contribution in [0.5, 0.6) is 0 Å². The van der Waals surface area contributed by atoms with Crippen LogP contribution in [-0.2, 0) is 4.79 Å². The fourth-order valence-corrected chi connectivity index (χ4v) is 1.14. The molecule has 1 rings (SSSR count). The standard InChI is InChI=1S/C8H11BN2O2/c1-4-8-6(2)5-10-11(7(3)12)9(8)13/h4-5,13H,1H2,2-3H3. The number of rotatable bonds is 1. The van der Waals surface area contributed by atoms with Gasteiger partial charge in [0.1, 0.15) is 0 Å². The smallest absolute Gasteiger partial charge is 0.427 e. The molecule has 68 valence electrons. The van der Waals surface area contributed by atoms with Gasteiger partial charge >= 0.3 is 7.05 Å². The fraction of sp³-hybridized carbons (Fsp3) is 0.250. The molecule has 1 N–H and O–H groups in total. The van der Waals surface area contributed by atoms with E-state index in [9.17, 15) is 9.82 Å². The molecule has 0 fully saturated rings. The molecular formula is C8H11BN2O2. The lowest BCUT2D eigenvalue weighted by Gasteiger charge is -2.23. The van der Waals surface area contributed by atoms with Gasteiger partial charge in [0, 0.05) is 13.1 Å². The molecule has 0 spiro atoms. The zero-order valence-electron chi connectivity index (χ0n) is 7.69. The largest absolute Gasteiger partial charge is 0.474 e. The Kier molecular flexibility index (Phi) is 2.68. The number of hydrogen-bond donors (Lipinski definition) is 1. The van der Waals surface area contributed by atoms with Crippen molar-refractivity contribution < 1.29 is 9.82 Å². The van der Waals surface area contributed by atoms with E-state index in [1.165, 1.54) is 19.2 Å². The van der Waals surface area contributed by atoms with E-state index in [1.54, 1.807) is 6.92 Å². The minimum atomic E-state index is -1.00. The number of carbonyl (C=O) groups excluding carboxylic acids is 1. The van der Waals surface area contributed by atoms with E-state index in [1.807, 2.05) is 0 Å². The summed E-state index contributed by atoms with van der Waals surface area (Å²) in [7, 11) is -1.00. The van der Waals surface area contributed by atoms with Crippen molar-refractivity contribution in [1.82, 2.24) is 4.92 Å². The molecule has 1 aliphatic rings. The van der Waals surface area contributed by atoms with Crippen molar-refractivity contribution >= 4 is 19.2 Å². The highest BCUT2D eigenvalue weighted by molar-refractivity contribution is 6.60. The van der Waals surface area contributed by atoms with Gasteiger partial charge in [-0.1, -0.05) is 12.7 Å². The van der Waals surface area contributed by atoms with E-state index in [0.29, 0.717) is 5.47 Å². The summed E-state index contributed by atoms with van der Waals surface area (Å²) in [6.45, 7) is 6.72. The number of amides is 1. The molecule has 0 saturated carbocycles. The highest BCUT2D eigenvalue weighted by atomic mass is 16.2. The van der Waals surface area contributed by atoms with Crippen molar-refractivity contribution in [2.45, 2.75) is 13.8 Å². The molecule has 0 aromatic rings. The number of hydrogen-bond acceptors (Lipinski definition) is 3. The summed E-state index contributed by atoms with van der Waals surface area (Å²) in [5, 5.41) is 13.4. The summed E-state index contributed by atoms with van der Waals surface area (Å²) < 4.78 is 0. The van der Waals surface area contributed by atoms with Crippen LogP contribution >= 0.6 is 0 Å². The third-order valence-electron chi connectivity index (χ3n) is 1.88. The Balaban J connectivity index is 3.01. The van der Waals surface area contributed by atoms with Gasteiger partial charge in [0.25, 0.3) is 0 Å². The Hall–Kier alpha value is -1.36. The van der Waals surface area contributed by atoms with Crippen LogP contribution in [-0.4, -0.2) is 29.1 Å². The van der Waals surface area contributed by atoms with Crippen molar-refractivity contribution in [2.24, 2.45) is 5.10 Å². The number of carbonyl (C=O) groups is 1. The summed E-state index contributed by atoms with van der Waals surface area (Å²) in [6, 6.07) is 0. The Labute approximate surface area is 77.4 Å². The molecule has 0 saturated heterocycles. The summed E-state index contributed by atoms with van der Waals surface area (Å²) in [5.74, 6) is -0.296. The van der Waals surface area contributed by atoms with E-state index in [4.69, 9.17) is 0 Å². The van der Waals surface area contributed by atoms with Gasteiger partial charge in [0.2, 0.25) is 5.91 Å². The summed E-state index contributed by atoms with van der Waals surface area (Å²) in [6.07, 6.45) is 3.06. The maximum absolute atomic E-state index is 11.0. The molecule has 5 heteroatoms. The average Bonchev–Trinajstić information content (AvgIpc) is 2.04. The predicted molar refractivity (Wildman–Crippen MR) is 51.9 cm³/mol. The van der Waals surface area contributed by atoms with Gasteiger partial charge in [0.05, 0.1) is 0 Å². The maximum Gasteiger partial charge on any atom is 0.474 e. The van der Waals surface area contributed by atoms with Crippen molar-refractivity contribution in [3.63, 3.8) is 0 Å². The van der Waals surface area contributed by atoms with Crippen molar-refractivity contribution in [3.05, 3.63) is 23.7 Å². The van der Waals surface area contributed by atoms with Crippen LogP contribution in [0.25, 0.3) is 0 Å². The first-order valence-corrected chi connectivity index (χ1v) is 3.93. The van der Waals surface area contributed by atoms with E-state index < -0.39 is 7.05 Å². The van der Waals surface area contributed by atoms with Crippen molar-refractivity contribution in [3.8, 4) is 0 Å². The SMILES string of the molecule is C=CC1=C(C)C=NN(C(C)=O)B1O. The van der Waals surface area contributed by atoms with Crippen molar-refractivity contribution in [1.29, 1.82) is 0 Å². The van der Waals surface area contributed by atoms with Gasteiger partial charge in [-0.15, -0.1) is 0 Å². The van der Waals surface area contributed by atoms with Crippen LogP contribution in [0, 0.1) is 0 Å². The van der Waals surface area contributed by atoms with Gasteiger partial charge in [-0.3, -0.25) is 4.79 Å². The molecule has 0 unspecified atom stereocenters. The van der Waals surface area contributed by atoms with Crippen LogP contribution < -0.4 is 0 Å². The molecule has 0 aromatic carbocycles. The third-order valence-corrected chi connectivity index (χ3v) is 1.88. The molecule has 4 nitrogen and oxygen atoms in total. The number of allylic oxidation sites excluding steroid dienone is 3. The second kappa shape index (κ2) is 3.57. The Bertz CT molecular complexity index is 309. The molecule has 0 aromatic heterocycles. The molecular weight excluding hydrogens is 167 g/mol. The monoisotopic (exact) mass is 178 g/mol. The Morgan fingerprint density at radius 1 is 1.85 bits per heavy atom. The lowest BCUT2D eigenvalue weighted by atomic mass is 9.69. The van der Waals surface area contributed by atoms with E-state index in [2.05, 4.69) is 11.7 Å². The highest BCUT2D eigenvalue weighted by Crippen LogP contribution is 2.15. The summed E-state index contributed by atoms with van der Waals surface area (Å²) in [4.78, 5) is 12.0. The molecule has 0 bridgehead atoms. The molecule has 0 radical (unpaired) electrons. The quantitative estimate of drug-likeness (QED) is 0.589. The normalized spacial score (nSPS) is 16.5. The Morgan fingerprint density at radius 3 is 2.92 bits per heavy atom. The average molecular weight is 178 g/mol. The van der Waals surface area contributed by atoms with Gasteiger partial charge in [-0.25, -0.2) is 4.92 Å². The first-order chi connectivity index (χ1) is 6.07. The molecule has 0 aliphatic carbocycles. The van der Waals surface area contributed by atoms with Gasteiger partial charge < -0.3 is 5.02 Å².